The minimum absolute atomic E-state index is 0.00560. The number of carbonyl (C=O) groups excluding carboxylic acids is 2. The molecule has 2 aromatic carbocycles. The van der Waals surface area contributed by atoms with Gasteiger partial charge in [-0.05, 0) is 48.7 Å². The molecule has 1 atom stereocenters. The highest BCUT2D eigenvalue weighted by Crippen LogP contribution is 2.16. The van der Waals surface area contributed by atoms with Gasteiger partial charge in [0.15, 0.2) is 5.76 Å². The second kappa shape index (κ2) is 10.9. The van der Waals surface area contributed by atoms with Crippen LogP contribution < -0.4 is 15.4 Å². The molecular weight excluding hydrogens is 442 g/mol. The number of nitrogens with one attached hydrogen (secondary N) is 3. The lowest BCUT2D eigenvalue weighted by atomic mass is 10.1. The lowest BCUT2D eigenvalue weighted by Gasteiger charge is -2.18. The summed E-state index contributed by atoms with van der Waals surface area (Å²) in [7, 11) is -3.71. The number of aryl methyl sites for hydroxylation is 2. The molecule has 1 heterocycles. The Hall–Kier alpha value is -3.43. The van der Waals surface area contributed by atoms with E-state index < -0.39 is 27.9 Å². The molecule has 0 saturated heterocycles. The molecular formula is C24H27N3O5S. The maximum absolute atomic E-state index is 12.8. The van der Waals surface area contributed by atoms with Gasteiger partial charge in [-0.2, -0.15) is 0 Å². The number of furan rings is 1. The first-order valence-corrected chi connectivity index (χ1v) is 12.0. The Balaban J connectivity index is 1.60. The Morgan fingerprint density at radius 1 is 0.970 bits per heavy atom. The van der Waals surface area contributed by atoms with E-state index in [0.29, 0.717) is 5.56 Å². The molecule has 0 radical (unpaired) electrons. The van der Waals surface area contributed by atoms with Gasteiger partial charge in [0.2, 0.25) is 15.9 Å². The fraction of sp³-hybridized carbons (Fsp3) is 0.250. The predicted octanol–water partition coefficient (Wildman–Crippen LogP) is 2.33. The minimum atomic E-state index is -3.71. The number of sulfonamides is 1. The maximum Gasteiger partial charge on any atom is 0.287 e. The molecule has 0 aliphatic rings. The third-order valence-electron chi connectivity index (χ3n) is 5.00. The molecule has 0 bridgehead atoms. The highest BCUT2D eigenvalue weighted by Gasteiger charge is 2.23. The quantitative estimate of drug-likeness (QED) is 0.394. The molecule has 33 heavy (non-hydrogen) atoms. The summed E-state index contributed by atoms with van der Waals surface area (Å²) in [5, 5.41) is 5.37. The largest absolute Gasteiger partial charge is 0.459 e. The molecule has 1 aromatic heterocycles. The van der Waals surface area contributed by atoms with Gasteiger partial charge in [0.25, 0.3) is 5.91 Å². The first kappa shape index (κ1) is 24.2. The number of hydrogen-bond acceptors (Lipinski definition) is 5. The van der Waals surface area contributed by atoms with Crippen LogP contribution in [0.2, 0.25) is 0 Å². The van der Waals surface area contributed by atoms with Crippen LogP contribution in [0.25, 0.3) is 0 Å². The van der Waals surface area contributed by atoms with E-state index in [9.17, 15) is 18.0 Å². The van der Waals surface area contributed by atoms with E-state index in [2.05, 4.69) is 15.4 Å². The molecule has 0 spiro atoms. The minimum Gasteiger partial charge on any atom is -0.459 e. The number of amides is 2. The van der Waals surface area contributed by atoms with Crippen molar-refractivity contribution in [2.45, 2.75) is 31.2 Å². The third kappa shape index (κ3) is 6.77. The molecule has 0 saturated carbocycles. The highest BCUT2D eigenvalue weighted by atomic mass is 32.2. The summed E-state index contributed by atoms with van der Waals surface area (Å²) in [6.45, 7) is 3.62. The summed E-state index contributed by atoms with van der Waals surface area (Å²) < 4.78 is 32.8. The van der Waals surface area contributed by atoms with Gasteiger partial charge in [0.05, 0.1) is 11.2 Å². The standard InChI is InChI=1S/C24H27N3O5S/c1-17-10-11-18(2)22(15-17)33(30,31)26-13-12-25-23(28)20(16-19-7-4-3-5-8-19)27-24(29)21-9-6-14-32-21/h3-11,14-15,20,26H,12-13,16H2,1-2H3,(H,25,28)(H,27,29). The number of hydrogen-bond donors (Lipinski definition) is 3. The highest BCUT2D eigenvalue weighted by molar-refractivity contribution is 7.89. The molecule has 0 aliphatic heterocycles. The first-order valence-electron chi connectivity index (χ1n) is 10.5. The van der Waals surface area contributed by atoms with Gasteiger partial charge in [-0.3, -0.25) is 9.59 Å². The molecule has 1 unspecified atom stereocenters. The zero-order valence-electron chi connectivity index (χ0n) is 18.5. The molecule has 2 amide bonds. The van der Waals surface area contributed by atoms with Crippen LogP contribution in [0.15, 0.2) is 76.2 Å². The summed E-state index contributed by atoms with van der Waals surface area (Å²) in [4.78, 5) is 25.4. The SMILES string of the molecule is Cc1ccc(C)c(S(=O)(=O)NCCNC(=O)C(Cc2ccccc2)NC(=O)c2ccco2)c1. The molecule has 9 heteroatoms. The Kier molecular flexibility index (Phi) is 8.02. The van der Waals surface area contributed by atoms with Gasteiger partial charge in [0, 0.05) is 19.5 Å². The third-order valence-corrected chi connectivity index (χ3v) is 6.60. The number of carbonyl (C=O) groups is 2. The fourth-order valence-electron chi connectivity index (χ4n) is 3.27. The average Bonchev–Trinajstić information content (AvgIpc) is 3.33. The van der Waals surface area contributed by atoms with Crippen LogP contribution >= 0.6 is 0 Å². The van der Waals surface area contributed by atoms with Crippen molar-refractivity contribution < 1.29 is 22.4 Å². The number of rotatable bonds is 10. The Bertz CT molecular complexity index is 1190. The smallest absolute Gasteiger partial charge is 0.287 e. The summed E-state index contributed by atoms with van der Waals surface area (Å²) in [5.74, 6) is -0.835. The van der Waals surface area contributed by atoms with Crippen molar-refractivity contribution in [1.82, 2.24) is 15.4 Å². The molecule has 3 rings (SSSR count). The van der Waals surface area contributed by atoms with Crippen molar-refractivity contribution in [1.29, 1.82) is 0 Å². The van der Waals surface area contributed by atoms with Gasteiger partial charge in [-0.1, -0.05) is 42.5 Å². The van der Waals surface area contributed by atoms with Gasteiger partial charge in [-0.15, -0.1) is 0 Å². The Morgan fingerprint density at radius 2 is 1.73 bits per heavy atom. The van der Waals surface area contributed by atoms with E-state index >= 15 is 0 Å². The zero-order chi connectivity index (χ0) is 23.8. The Morgan fingerprint density at radius 3 is 2.42 bits per heavy atom. The second-order valence-electron chi connectivity index (χ2n) is 7.65. The maximum atomic E-state index is 12.8. The van der Waals surface area contributed by atoms with Crippen LogP contribution in [-0.4, -0.2) is 39.4 Å². The van der Waals surface area contributed by atoms with Crippen molar-refractivity contribution in [2.75, 3.05) is 13.1 Å². The van der Waals surface area contributed by atoms with Gasteiger partial charge < -0.3 is 15.1 Å². The van der Waals surface area contributed by atoms with Gasteiger partial charge in [0.1, 0.15) is 6.04 Å². The van der Waals surface area contributed by atoms with Crippen LogP contribution in [0.4, 0.5) is 0 Å². The molecule has 174 valence electrons. The molecule has 3 aromatic rings. The summed E-state index contributed by atoms with van der Waals surface area (Å²) in [5.41, 5.74) is 2.35. The lowest BCUT2D eigenvalue weighted by molar-refractivity contribution is -0.122. The lowest BCUT2D eigenvalue weighted by Crippen LogP contribution is -2.49. The van der Waals surface area contributed by atoms with E-state index in [4.69, 9.17) is 4.42 Å². The number of benzene rings is 2. The van der Waals surface area contributed by atoms with Gasteiger partial charge >= 0.3 is 0 Å². The topological polar surface area (TPSA) is 118 Å². The predicted molar refractivity (Wildman–Crippen MR) is 124 cm³/mol. The van der Waals surface area contributed by atoms with Crippen LogP contribution in [0.1, 0.15) is 27.2 Å². The molecule has 3 N–H and O–H groups in total. The van der Waals surface area contributed by atoms with E-state index in [1.54, 1.807) is 25.1 Å². The Labute approximate surface area is 193 Å². The van der Waals surface area contributed by atoms with Crippen molar-refractivity contribution in [2.24, 2.45) is 0 Å². The van der Waals surface area contributed by atoms with Crippen LogP contribution in [0.5, 0.6) is 0 Å². The van der Waals surface area contributed by atoms with Crippen LogP contribution in [-0.2, 0) is 21.2 Å². The molecule has 8 nitrogen and oxygen atoms in total. The van der Waals surface area contributed by atoms with E-state index in [1.165, 1.54) is 12.3 Å². The van der Waals surface area contributed by atoms with Crippen molar-refractivity contribution in [3.63, 3.8) is 0 Å². The second-order valence-corrected chi connectivity index (χ2v) is 9.39. The zero-order valence-corrected chi connectivity index (χ0v) is 19.3. The average molecular weight is 470 g/mol. The van der Waals surface area contributed by atoms with Crippen LogP contribution in [0, 0.1) is 13.8 Å². The summed E-state index contributed by atoms with van der Waals surface area (Å²) in [6, 6.07) is 16.7. The summed E-state index contributed by atoms with van der Waals surface area (Å²) >= 11 is 0. The monoisotopic (exact) mass is 469 g/mol. The normalized spacial score (nSPS) is 12.2. The van der Waals surface area contributed by atoms with E-state index in [1.807, 2.05) is 43.3 Å². The van der Waals surface area contributed by atoms with E-state index in [-0.39, 0.29) is 30.2 Å². The summed E-state index contributed by atoms with van der Waals surface area (Å²) in [6.07, 6.45) is 1.65. The first-order chi connectivity index (χ1) is 15.8. The molecule has 0 aliphatic carbocycles. The van der Waals surface area contributed by atoms with Crippen LogP contribution in [0.3, 0.4) is 0 Å². The van der Waals surface area contributed by atoms with Crippen molar-refractivity contribution in [3.8, 4) is 0 Å². The fourth-order valence-corrected chi connectivity index (χ4v) is 4.62. The van der Waals surface area contributed by atoms with Gasteiger partial charge in [-0.25, -0.2) is 13.1 Å². The van der Waals surface area contributed by atoms with Crippen molar-refractivity contribution >= 4 is 21.8 Å². The molecule has 0 fully saturated rings. The van der Waals surface area contributed by atoms with Crippen molar-refractivity contribution in [3.05, 3.63) is 89.4 Å². The van der Waals surface area contributed by atoms with E-state index in [0.717, 1.165) is 11.1 Å².